The van der Waals surface area contributed by atoms with Gasteiger partial charge in [-0.2, -0.15) is 0 Å². The molecule has 23 heavy (non-hydrogen) atoms. The molecule has 122 valence electrons. The van der Waals surface area contributed by atoms with Crippen molar-refractivity contribution in [1.29, 1.82) is 0 Å². The van der Waals surface area contributed by atoms with Crippen LogP contribution in [0.2, 0.25) is 0 Å². The molecule has 0 aliphatic rings. The van der Waals surface area contributed by atoms with E-state index >= 15 is 0 Å². The second kappa shape index (κ2) is 6.60. The fraction of sp³-hybridized carbons (Fsp3) is 0.250. The van der Waals surface area contributed by atoms with Crippen molar-refractivity contribution in [2.75, 3.05) is 0 Å². The monoisotopic (exact) mass is 323 g/mol. The summed E-state index contributed by atoms with van der Waals surface area (Å²) in [5, 5.41) is 11.4. The van der Waals surface area contributed by atoms with Gasteiger partial charge in [0.05, 0.1) is 12.5 Å². The van der Waals surface area contributed by atoms with Crippen molar-refractivity contribution < 1.29 is 27.9 Å². The minimum absolute atomic E-state index is 0.00226. The van der Waals surface area contributed by atoms with Crippen molar-refractivity contribution in [1.82, 2.24) is 5.32 Å². The van der Waals surface area contributed by atoms with Gasteiger partial charge >= 0.3 is 5.97 Å². The maximum absolute atomic E-state index is 13.7. The van der Waals surface area contributed by atoms with Crippen LogP contribution in [0.25, 0.3) is 0 Å². The fourth-order valence-electron chi connectivity index (χ4n) is 2.23. The van der Waals surface area contributed by atoms with E-state index in [1.165, 1.54) is 26.0 Å². The number of carbonyl (C=O) groups excluding carboxylic acids is 1. The smallest absolute Gasteiger partial charge is 0.339 e. The number of carboxylic acids is 1. The zero-order valence-electron chi connectivity index (χ0n) is 12.5. The molecule has 1 amide bonds. The van der Waals surface area contributed by atoms with Gasteiger partial charge in [0.15, 0.2) is 0 Å². The Hall–Kier alpha value is -2.70. The van der Waals surface area contributed by atoms with E-state index in [1.54, 1.807) is 0 Å². The van der Waals surface area contributed by atoms with Gasteiger partial charge in [-0.15, -0.1) is 0 Å². The lowest BCUT2D eigenvalue weighted by molar-refractivity contribution is -0.122. The summed E-state index contributed by atoms with van der Waals surface area (Å²) in [6.45, 7) is 2.80. The van der Waals surface area contributed by atoms with E-state index in [2.05, 4.69) is 5.32 Å². The average molecular weight is 323 g/mol. The van der Waals surface area contributed by atoms with Crippen LogP contribution in [0.4, 0.5) is 8.78 Å². The van der Waals surface area contributed by atoms with Gasteiger partial charge in [0.1, 0.15) is 28.7 Å². The molecule has 0 saturated heterocycles. The van der Waals surface area contributed by atoms with Crippen LogP contribution in [0, 0.1) is 18.6 Å². The lowest BCUT2D eigenvalue weighted by atomic mass is 9.99. The molecular formula is C16H15F2NO4. The first-order valence-electron chi connectivity index (χ1n) is 6.85. The fourth-order valence-corrected chi connectivity index (χ4v) is 2.23. The third-order valence-corrected chi connectivity index (χ3v) is 3.46. The minimum atomic E-state index is -1.13. The molecule has 1 atom stereocenters. The zero-order valence-corrected chi connectivity index (χ0v) is 12.5. The van der Waals surface area contributed by atoms with Crippen LogP contribution in [0.3, 0.4) is 0 Å². The molecule has 0 aliphatic heterocycles. The predicted octanol–water partition coefficient (Wildman–Crippen LogP) is 2.98. The highest BCUT2D eigenvalue weighted by atomic mass is 19.1. The first-order chi connectivity index (χ1) is 10.8. The van der Waals surface area contributed by atoms with Crippen LogP contribution in [0.5, 0.6) is 0 Å². The summed E-state index contributed by atoms with van der Waals surface area (Å²) in [5.74, 6) is -3.90. The molecule has 0 spiro atoms. The van der Waals surface area contributed by atoms with Gasteiger partial charge < -0.3 is 14.8 Å². The summed E-state index contributed by atoms with van der Waals surface area (Å²) in [4.78, 5) is 23.0. The van der Waals surface area contributed by atoms with E-state index in [0.29, 0.717) is 0 Å². The number of carbonyl (C=O) groups is 2. The number of hydrogen-bond donors (Lipinski definition) is 2. The Kier molecular flexibility index (Phi) is 4.78. The van der Waals surface area contributed by atoms with Crippen LogP contribution in [-0.2, 0) is 11.3 Å². The second-order valence-electron chi connectivity index (χ2n) is 5.06. The number of aryl methyl sites for hydroxylation is 1. The topological polar surface area (TPSA) is 79.5 Å². The van der Waals surface area contributed by atoms with Crippen LogP contribution < -0.4 is 5.32 Å². The number of rotatable bonds is 5. The molecule has 0 radical (unpaired) electrons. The first-order valence-corrected chi connectivity index (χ1v) is 6.85. The van der Waals surface area contributed by atoms with Crippen molar-refractivity contribution in [3.05, 3.63) is 58.5 Å². The van der Waals surface area contributed by atoms with Gasteiger partial charge in [0.25, 0.3) is 0 Å². The van der Waals surface area contributed by atoms with Crippen molar-refractivity contribution in [2.45, 2.75) is 26.3 Å². The van der Waals surface area contributed by atoms with E-state index in [4.69, 9.17) is 9.52 Å². The standard InChI is InChI=1S/C16H15F2NO4/c1-8(14-12(17)4-3-5-13(14)18)15(20)19-7-10-6-11(16(21)22)9(2)23-10/h3-6,8H,7H2,1-2H3,(H,19,20)(H,21,22). The van der Waals surface area contributed by atoms with Crippen LogP contribution >= 0.6 is 0 Å². The second-order valence-corrected chi connectivity index (χ2v) is 5.06. The number of benzene rings is 1. The maximum Gasteiger partial charge on any atom is 0.339 e. The molecule has 0 bridgehead atoms. The molecule has 0 fully saturated rings. The summed E-state index contributed by atoms with van der Waals surface area (Å²) in [6, 6.07) is 4.68. The Morgan fingerprint density at radius 1 is 1.30 bits per heavy atom. The molecular weight excluding hydrogens is 308 g/mol. The van der Waals surface area contributed by atoms with E-state index < -0.39 is 29.4 Å². The summed E-state index contributed by atoms with van der Waals surface area (Å²) in [7, 11) is 0. The van der Waals surface area contributed by atoms with Crippen molar-refractivity contribution in [2.24, 2.45) is 0 Å². The maximum atomic E-state index is 13.7. The largest absolute Gasteiger partial charge is 0.478 e. The van der Waals surface area contributed by atoms with Crippen LogP contribution in [0.15, 0.2) is 28.7 Å². The van der Waals surface area contributed by atoms with Gasteiger partial charge in [-0.1, -0.05) is 6.07 Å². The lowest BCUT2D eigenvalue weighted by Crippen LogP contribution is -2.28. The number of hydrogen-bond acceptors (Lipinski definition) is 3. The van der Waals surface area contributed by atoms with Gasteiger partial charge in [0.2, 0.25) is 5.91 Å². The highest BCUT2D eigenvalue weighted by Gasteiger charge is 2.23. The highest BCUT2D eigenvalue weighted by Crippen LogP contribution is 2.22. The molecule has 5 nitrogen and oxygen atoms in total. The molecule has 2 rings (SSSR count). The molecule has 0 saturated carbocycles. The summed E-state index contributed by atoms with van der Waals surface area (Å²) < 4.78 is 32.5. The van der Waals surface area contributed by atoms with Crippen molar-refractivity contribution in [3.63, 3.8) is 0 Å². The number of carboxylic acid groups (broad SMARTS) is 1. The number of aromatic carboxylic acids is 1. The molecule has 1 heterocycles. The molecule has 1 unspecified atom stereocenters. The highest BCUT2D eigenvalue weighted by molar-refractivity contribution is 5.89. The number of halogens is 2. The van der Waals surface area contributed by atoms with Crippen molar-refractivity contribution >= 4 is 11.9 Å². The quantitative estimate of drug-likeness (QED) is 0.886. The normalized spacial score (nSPS) is 12.0. The van der Waals surface area contributed by atoms with Gasteiger partial charge in [-0.25, -0.2) is 13.6 Å². The van der Waals surface area contributed by atoms with E-state index in [9.17, 15) is 18.4 Å². The summed E-state index contributed by atoms with van der Waals surface area (Å²) in [6.07, 6.45) is 0. The summed E-state index contributed by atoms with van der Waals surface area (Å²) in [5.41, 5.74) is -0.311. The molecule has 0 aliphatic carbocycles. The molecule has 2 aromatic rings. The molecule has 1 aromatic heterocycles. The summed E-state index contributed by atoms with van der Waals surface area (Å²) >= 11 is 0. The average Bonchev–Trinajstić information content (AvgIpc) is 2.85. The Bertz CT molecular complexity index is 734. The van der Waals surface area contributed by atoms with Gasteiger partial charge in [-0.05, 0) is 32.0 Å². The Morgan fingerprint density at radius 3 is 2.43 bits per heavy atom. The van der Waals surface area contributed by atoms with E-state index in [-0.39, 0.29) is 29.2 Å². The zero-order chi connectivity index (χ0) is 17.1. The van der Waals surface area contributed by atoms with E-state index in [1.807, 2.05) is 0 Å². The van der Waals surface area contributed by atoms with Crippen LogP contribution in [-0.4, -0.2) is 17.0 Å². The predicted molar refractivity (Wildman–Crippen MR) is 77.0 cm³/mol. The lowest BCUT2D eigenvalue weighted by Gasteiger charge is -2.13. The SMILES string of the molecule is Cc1oc(CNC(=O)C(C)c2c(F)cccc2F)cc1C(=O)O. The van der Waals surface area contributed by atoms with Gasteiger partial charge in [0, 0.05) is 5.56 Å². The third kappa shape index (κ3) is 3.56. The Balaban J connectivity index is 2.07. The molecule has 7 heteroatoms. The van der Waals surface area contributed by atoms with Crippen molar-refractivity contribution in [3.8, 4) is 0 Å². The Labute approximate surface area is 130 Å². The van der Waals surface area contributed by atoms with Gasteiger partial charge in [-0.3, -0.25) is 4.79 Å². The molecule has 1 aromatic carbocycles. The minimum Gasteiger partial charge on any atom is -0.478 e. The third-order valence-electron chi connectivity index (χ3n) is 3.46. The van der Waals surface area contributed by atoms with E-state index in [0.717, 1.165) is 12.1 Å². The first kappa shape index (κ1) is 16.7. The number of amides is 1. The molecule has 2 N–H and O–H groups in total. The number of nitrogens with one attached hydrogen (secondary N) is 1. The number of furan rings is 1. The Morgan fingerprint density at radius 2 is 1.91 bits per heavy atom. The van der Waals surface area contributed by atoms with Crippen LogP contribution in [0.1, 0.15) is 40.3 Å².